The van der Waals surface area contributed by atoms with Crippen molar-refractivity contribution in [2.45, 2.75) is 477 Å². The van der Waals surface area contributed by atoms with E-state index in [0.717, 1.165) is 115 Å². The number of hydrogen-bond acceptors (Lipinski definition) is 15. The molecule has 0 aromatic heterocycles. The number of unbranched alkanes of at least 4 members (excludes halogenated alkanes) is 53. The summed E-state index contributed by atoms with van der Waals surface area (Å²) in [5.41, 5.74) is 0. The molecule has 0 heterocycles. The van der Waals surface area contributed by atoms with Crippen LogP contribution in [0.15, 0.2) is 0 Å². The van der Waals surface area contributed by atoms with Crippen LogP contribution in [0.5, 0.6) is 0 Å². The van der Waals surface area contributed by atoms with Crippen LogP contribution in [-0.2, 0) is 65.4 Å². The standard InChI is InChI=1S/C86H168O17P2/c1-7-11-13-15-17-18-19-20-35-41-46-52-58-64-70-85(90)102-81(74-96-83(88)68-62-56-48-16-14-12-8-2)76-100-104(92,93)98-72-80(87)73-99-105(94,95)101-77-82(103-86(91)71-65-59-53-47-42-37-32-28-24-22-26-30-34-39-44-50-55-61-67-79(6)10-4)75-97-84(89)69-63-57-51-45-40-36-31-27-23-21-25-29-33-38-43-49-54-60-66-78(5)9-3/h78-82,87H,7-77H2,1-6H3,(H,92,93)(H,94,95)/t78?,79?,80-,81+,82+/m0/s1. The van der Waals surface area contributed by atoms with Gasteiger partial charge in [0.1, 0.15) is 19.3 Å². The Balaban J connectivity index is 5.15. The Morgan fingerprint density at radius 3 is 0.676 bits per heavy atom. The van der Waals surface area contributed by atoms with Crippen LogP contribution in [0.1, 0.15) is 459 Å². The van der Waals surface area contributed by atoms with Gasteiger partial charge in [-0.1, -0.05) is 408 Å². The zero-order valence-electron chi connectivity index (χ0n) is 69.0. The van der Waals surface area contributed by atoms with Crippen molar-refractivity contribution >= 4 is 39.5 Å². The van der Waals surface area contributed by atoms with Crippen LogP contribution in [-0.4, -0.2) is 96.7 Å². The lowest BCUT2D eigenvalue weighted by molar-refractivity contribution is -0.161. The summed E-state index contributed by atoms with van der Waals surface area (Å²) in [6, 6.07) is 0. The van der Waals surface area contributed by atoms with E-state index in [1.807, 2.05) is 0 Å². The number of esters is 4. The molecule has 3 N–H and O–H groups in total. The summed E-state index contributed by atoms with van der Waals surface area (Å²) in [5.74, 6) is -0.362. The van der Waals surface area contributed by atoms with Gasteiger partial charge in [0.2, 0.25) is 0 Å². The van der Waals surface area contributed by atoms with Crippen LogP contribution in [0, 0.1) is 11.8 Å². The highest BCUT2D eigenvalue weighted by molar-refractivity contribution is 7.47. The molecule has 0 aliphatic carbocycles. The molecule has 0 aromatic carbocycles. The summed E-state index contributed by atoms with van der Waals surface area (Å²) < 4.78 is 68.7. The maximum Gasteiger partial charge on any atom is 0.472 e. The summed E-state index contributed by atoms with van der Waals surface area (Å²) in [6.45, 7) is 9.76. The van der Waals surface area contributed by atoms with E-state index in [2.05, 4.69) is 41.5 Å². The van der Waals surface area contributed by atoms with Gasteiger partial charge in [-0.2, -0.15) is 0 Å². The Morgan fingerprint density at radius 1 is 0.267 bits per heavy atom. The lowest BCUT2D eigenvalue weighted by atomic mass is 9.99. The van der Waals surface area contributed by atoms with Crippen LogP contribution in [0.2, 0.25) is 0 Å². The predicted molar refractivity (Wildman–Crippen MR) is 432 cm³/mol. The maximum absolute atomic E-state index is 13.1. The minimum atomic E-state index is -4.96. The molecule has 0 saturated carbocycles. The Labute approximate surface area is 645 Å². The molecule has 0 aromatic rings. The van der Waals surface area contributed by atoms with Gasteiger partial charge in [0, 0.05) is 25.7 Å². The van der Waals surface area contributed by atoms with Crippen molar-refractivity contribution in [3.8, 4) is 0 Å². The van der Waals surface area contributed by atoms with Crippen molar-refractivity contribution < 1.29 is 80.2 Å². The van der Waals surface area contributed by atoms with E-state index in [9.17, 15) is 43.2 Å². The van der Waals surface area contributed by atoms with Gasteiger partial charge in [0.05, 0.1) is 26.4 Å². The summed E-state index contributed by atoms with van der Waals surface area (Å²) in [5, 5.41) is 10.6. The second-order valence-corrected chi connectivity index (χ2v) is 34.3. The van der Waals surface area contributed by atoms with Crippen molar-refractivity contribution in [2.24, 2.45) is 11.8 Å². The summed E-state index contributed by atoms with van der Waals surface area (Å²) in [4.78, 5) is 73.0. The number of carbonyl (C=O) groups excluding carboxylic acids is 4. The largest absolute Gasteiger partial charge is 0.472 e. The molecule has 105 heavy (non-hydrogen) atoms. The number of rotatable bonds is 85. The second-order valence-electron chi connectivity index (χ2n) is 31.4. The molecule has 0 bridgehead atoms. The molecule has 0 radical (unpaired) electrons. The van der Waals surface area contributed by atoms with Crippen molar-refractivity contribution in [3.05, 3.63) is 0 Å². The first kappa shape index (κ1) is 103. The fourth-order valence-electron chi connectivity index (χ4n) is 13.4. The zero-order valence-corrected chi connectivity index (χ0v) is 70.8. The van der Waals surface area contributed by atoms with E-state index >= 15 is 0 Å². The van der Waals surface area contributed by atoms with Gasteiger partial charge in [-0.3, -0.25) is 37.3 Å². The second kappa shape index (κ2) is 77.4. The third-order valence-corrected chi connectivity index (χ3v) is 22.8. The molecule has 0 spiro atoms. The fraction of sp³-hybridized carbons (Fsp3) is 0.953. The first-order valence-corrected chi connectivity index (χ1v) is 47.6. The monoisotopic (exact) mass is 1540 g/mol. The van der Waals surface area contributed by atoms with Gasteiger partial charge >= 0.3 is 39.5 Å². The number of hydrogen-bond donors (Lipinski definition) is 3. The number of carbonyl (C=O) groups is 4. The highest BCUT2D eigenvalue weighted by Crippen LogP contribution is 2.45. The zero-order chi connectivity index (χ0) is 77.1. The molecule has 0 aliphatic rings. The molecule has 7 atom stereocenters. The van der Waals surface area contributed by atoms with E-state index in [4.69, 9.17) is 37.0 Å². The molecule has 624 valence electrons. The normalized spacial score (nSPS) is 14.3. The van der Waals surface area contributed by atoms with Crippen molar-refractivity contribution in [3.63, 3.8) is 0 Å². The first-order valence-electron chi connectivity index (χ1n) is 44.6. The number of ether oxygens (including phenoxy) is 4. The molecular formula is C86H168O17P2. The number of aliphatic hydroxyl groups is 1. The molecule has 0 aliphatic heterocycles. The van der Waals surface area contributed by atoms with Crippen LogP contribution in [0.3, 0.4) is 0 Å². The third kappa shape index (κ3) is 77.2. The summed E-state index contributed by atoms with van der Waals surface area (Å²) in [7, 11) is -9.92. The third-order valence-electron chi connectivity index (χ3n) is 20.9. The van der Waals surface area contributed by atoms with Crippen LogP contribution < -0.4 is 0 Å². The van der Waals surface area contributed by atoms with Gasteiger partial charge < -0.3 is 33.8 Å². The van der Waals surface area contributed by atoms with Crippen LogP contribution >= 0.6 is 15.6 Å². The molecule has 0 saturated heterocycles. The number of phosphoric acid groups is 2. The molecule has 0 fully saturated rings. The average Bonchev–Trinajstić information content (AvgIpc) is 0.907. The predicted octanol–water partition coefficient (Wildman–Crippen LogP) is 26.2. The van der Waals surface area contributed by atoms with E-state index < -0.39 is 97.5 Å². The Kier molecular flexibility index (Phi) is 76.0. The highest BCUT2D eigenvalue weighted by Gasteiger charge is 2.30. The van der Waals surface area contributed by atoms with E-state index in [-0.39, 0.29) is 25.7 Å². The minimum absolute atomic E-state index is 0.108. The summed E-state index contributed by atoms with van der Waals surface area (Å²) >= 11 is 0. The quantitative estimate of drug-likeness (QED) is 0.0222. The molecule has 19 heteroatoms. The number of aliphatic hydroxyl groups excluding tert-OH is 1. The van der Waals surface area contributed by atoms with Crippen LogP contribution in [0.4, 0.5) is 0 Å². The molecule has 17 nitrogen and oxygen atoms in total. The average molecular weight is 1540 g/mol. The van der Waals surface area contributed by atoms with Crippen molar-refractivity contribution in [1.29, 1.82) is 0 Å². The van der Waals surface area contributed by atoms with Crippen molar-refractivity contribution in [2.75, 3.05) is 39.6 Å². The lowest BCUT2D eigenvalue weighted by Crippen LogP contribution is -2.30. The molecule has 0 amide bonds. The van der Waals surface area contributed by atoms with Crippen molar-refractivity contribution in [1.82, 2.24) is 0 Å². The van der Waals surface area contributed by atoms with Crippen LogP contribution in [0.25, 0.3) is 0 Å². The summed E-state index contributed by atoms with van der Waals surface area (Å²) in [6.07, 6.45) is 69.6. The molecule has 4 unspecified atom stereocenters. The lowest BCUT2D eigenvalue weighted by Gasteiger charge is -2.21. The molecular weight excluding hydrogens is 1370 g/mol. The van der Waals surface area contributed by atoms with E-state index in [0.29, 0.717) is 25.7 Å². The smallest absolute Gasteiger partial charge is 0.462 e. The van der Waals surface area contributed by atoms with Gasteiger partial charge in [0.15, 0.2) is 12.2 Å². The topological polar surface area (TPSA) is 237 Å². The van der Waals surface area contributed by atoms with Gasteiger partial charge in [0.25, 0.3) is 0 Å². The SMILES string of the molecule is CCCCCCCCCCCCCCCCC(=O)O[C@H](COC(=O)CCCCCCCCC)COP(=O)(O)OC[C@H](O)COP(=O)(O)OC[C@@H](COC(=O)CCCCCCCCCCCCCCCCCCCCC(C)CC)OC(=O)CCCCCCCCCCCCCCCCCCCCC(C)CC. The maximum atomic E-state index is 13.1. The number of phosphoric ester groups is 2. The van der Waals surface area contributed by atoms with Gasteiger partial charge in [-0.25, -0.2) is 9.13 Å². The first-order chi connectivity index (χ1) is 50.9. The Hall–Kier alpha value is -1.94. The van der Waals surface area contributed by atoms with E-state index in [1.54, 1.807) is 0 Å². The fourth-order valence-corrected chi connectivity index (χ4v) is 14.9. The van der Waals surface area contributed by atoms with E-state index in [1.165, 1.54) is 263 Å². The highest BCUT2D eigenvalue weighted by atomic mass is 31.2. The molecule has 0 rings (SSSR count). The Bertz CT molecular complexity index is 2010. The Morgan fingerprint density at radius 2 is 0.457 bits per heavy atom. The van der Waals surface area contributed by atoms with Gasteiger partial charge in [-0.15, -0.1) is 0 Å². The van der Waals surface area contributed by atoms with Gasteiger partial charge in [-0.05, 0) is 37.5 Å². The minimum Gasteiger partial charge on any atom is -0.462 e.